The van der Waals surface area contributed by atoms with Crippen molar-refractivity contribution in [3.8, 4) is 17.1 Å². The molecule has 148 valence electrons. The van der Waals surface area contributed by atoms with Crippen LogP contribution in [0.15, 0.2) is 45.6 Å². The number of benzene rings is 2. The molecule has 2 aliphatic rings. The highest BCUT2D eigenvalue weighted by molar-refractivity contribution is 8.00. The van der Waals surface area contributed by atoms with Gasteiger partial charge in [0.15, 0.2) is 11.6 Å². The molecule has 0 amide bonds. The molecule has 0 bridgehead atoms. The molecule has 3 atom stereocenters. The number of hydrogen-bond donors (Lipinski definition) is 2. The molecule has 3 unspecified atom stereocenters. The van der Waals surface area contributed by atoms with Gasteiger partial charge in [-0.2, -0.15) is 0 Å². The van der Waals surface area contributed by atoms with Crippen LogP contribution in [0.2, 0.25) is 0 Å². The fourth-order valence-electron chi connectivity index (χ4n) is 4.18. The lowest BCUT2D eigenvalue weighted by atomic mass is 10.1. The molecule has 2 aliphatic carbocycles. The first-order chi connectivity index (χ1) is 13.9. The Morgan fingerprint density at radius 3 is 2.62 bits per heavy atom. The molecule has 3 aromatic rings. The van der Waals surface area contributed by atoms with E-state index in [-0.39, 0.29) is 27.9 Å². The number of rotatable bonds is 2. The minimum atomic E-state index is -1.06. The van der Waals surface area contributed by atoms with Crippen LogP contribution in [0.4, 0.5) is 8.78 Å². The first-order valence-electron chi connectivity index (χ1n) is 9.14. The van der Waals surface area contributed by atoms with E-state index in [0.29, 0.717) is 17.5 Å². The van der Waals surface area contributed by atoms with Gasteiger partial charge >= 0.3 is 5.63 Å². The summed E-state index contributed by atoms with van der Waals surface area (Å²) in [5.74, 6) is -2.27. The van der Waals surface area contributed by atoms with E-state index < -0.39 is 28.6 Å². The fourth-order valence-corrected chi connectivity index (χ4v) is 5.80. The average molecular weight is 414 g/mol. The summed E-state index contributed by atoms with van der Waals surface area (Å²) in [6, 6.07) is 9.64. The lowest BCUT2D eigenvalue weighted by Crippen LogP contribution is -2.13. The number of aromatic hydroxyl groups is 1. The lowest BCUT2D eigenvalue weighted by Gasteiger charge is -2.21. The number of thioether (sulfide) groups is 1. The number of fused-ring (bicyclic) bond motifs is 4. The molecule has 1 aromatic heterocycles. The summed E-state index contributed by atoms with van der Waals surface area (Å²) in [4.78, 5) is 12.1. The molecule has 29 heavy (non-hydrogen) atoms. The van der Waals surface area contributed by atoms with Crippen molar-refractivity contribution in [2.24, 2.45) is 0 Å². The zero-order valence-electron chi connectivity index (χ0n) is 15.3. The monoisotopic (exact) mass is 414 g/mol. The van der Waals surface area contributed by atoms with Crippen LogP contribution in [0.3, 0.4) is 0 Å². The smallest absolute Gasteiger partial charge is 0.342 e. The Bertz CT molecular complexity index is 1220. The second kappa shape index (κ2) is 6.43. The third-order valence-corrected chi connectivity index (χ3v) is 7.23. The van der Waals surface area contributed by atoms with Crippen molar-refractivity contribution in [3.63, 3.8) is 0 Å². The molecule has 4 nitrogen and oxygen atoms in total. The van der Waals surface area contributed by atoms with Crippen molar-refractivity contribution in [1.82, 2.24) is 0 Å². The van der Waals surface area contributed by atoms with Gasteiger partial charge in [-0.3, -0.25) is 0 Å². The van der Waals surface area contributed by atoms with E-state index in [4.69, 9.17) is 4.42 Å². The van der Waals surface area contributed by atoms with Crippen molar-refractivity contribution in [1.29, 1.82) is 0 Å². The molecule has 1 heterocycles. The maximum atomic E-state index is 14.0. The molecular formula is C22H16F2O4S. The van der Waals surface area contributed by atoms with Crippen LogP contribution in [0.5, 0.6) is 5.75 Å². The van der Waals surface area contributed by atoms with Gasteiger partial charge in [-0.25, -0.2) is 13.6 Å². The Labute approximate surface area is 168 Å². The van der Waals surface area contributed by atoms with E-state index in [1.807, 2.05) is 24.3 Å². The highest BCUT2D eigenvalue weighted by atomic mass is 32.2. The van der Waals surface area contributed by atoms with Crippen molar-refractivity contribution >= 4 is 11.8 Å². The Balaban J connectivity index is 1.64. The Kier molecular flexibility index (Phi) is 4.08. The standard InChI is InChI=1S/C22H16F2O4S/c1-9-18(25)17-20(28-22(9)27)12-7-14(23)15(24)8-13(12)21(17)29-16-6-10-4-2-3-5-11(10)19(16)26/h2-5,7-8,16,19,21,25-26H,6H2,1H3. The molecule has 2 N–H and O–H groups in total. The minimum Gasteiger partial charge on any atom is -0.507 e. The van der Waals surface area contributed by atoms with E-state index in [0.717, 1.165) is 23.3 Å². The van der Waals surface area contributed by atoms with Crippen LogP contribution < -0.4 is 5.63 Å². The van der Waals surface area contributed by atoms with Gasteiger partial charge in [-0.15, -0.1) is 11.8 Å². The Morgan fingerprint density at radius 2 is 1.86 bits per heavy atom. The lowest BCUT2D eigenvalue weighted by molar-refractivity contribution is 0.185. The second-order valence-electron chi connectivity index (χ2n) is 7.36. The molecule has 5 rings (SSSR count). The maximum absolute atomic E-state index is 14.0. The van der Waals surface area contributed by atoms with Gasteiger partial charge < -0.3 is 14.6 Å². The van der Waals surface area contributed by atoms with E-state index >= 15 is 0 Å². The van der Waals surface area contributed by atoms with Crippen LogP contribution in [0.25, 0.3) is 11.3 Å². The molecule has 0 spiro atoms. The molecular weight excluding hydrogens is 398 g/mol. The summed E-state index contributed by atoms with van der Waals surface area (Å²) in [5.41, 5.74) is 2.16. The third-order valence-electron chi connectivity index (χ3n) is 5.70. The van der Waals surface area contributed by atoms with Gasteiger partial charge in [0, 0.05) is 10.8 Å². The predicted molar refractivity (Wildman–Crippen MR) is 105 cm³/mol. The summed E-state index contributed by atoms with van der Waals surface area (Å²) < 4.78 is 33.3. The average Bonchev–Trinajstić information content (AvgIpc) is 3.16. The van der Waals surface area contributed by atoms with E-state index in [2.05, 4.69) is 0 Å². The van der Waals surface area contributed by atoms with Gasteiger partial charge in [0.1, 0.15) is 11.5 Å². The highest BCUT2D eigenvalue weighted by Gasteiger charge is 2.41. The van der Waals surface area contributed by atoms with E-state index in [1.165, 1.54) is 18.7 Å². The van der Waals surface area contributed by atoms with Crippen LogP contribution in [-0.2, 0) is 6.42 Å². The topological polar surface area (TPSA) is 70.7 Å². The van der Waals surface area contributed by atoms with Crippen LogP contribution in [0.1, 0.15) is 39.2 Å². The van der Waals surface area contributed by atoms with Crippen molar-refractivity contribution < 1.29 is 23.4 Å². The maximum Gasteiger partial charge on any atom is 0.342 e. The van der Waals surface area contributed by atoms with Crippen LogP contribution in [-0.4, -0.2) is 15.5 Å². The first kappa shape index (κ1) is 18.4. The van der Waals surface area contributed by atoms with Gasteiger partial charge in [-0.1, -0.05) is 24.3 Å². The molecule has 0 saturated carbocycles. The van der Waals surface area contributed by atoms with Gasteiger partial charge in [0.05, 0.1) is 22.5 Å². The van der Waals surface area contributed by atoms with Gasteiger partial charge in [0.2, 0.25) is 0 Å². The predicted octanol–water partition coefficient (Wildman–Crippen LogP) is 4.39. The van der Waals surface area contributed by atoms with Gasteiger partial charge in [0.25, 0.3) is 0 Å². The molecule has 0 saturated heterocycles. The highest BCUT2D eigenvalue weighted by Crippen LogP contribution is 2.57. The largest absolute Gasteiger partial charge is 0.507 e. The Morgan fingerprint density at radius 1 is 1.14 bits per heavy atom. The second-order valence-corrected chi connectivity index (χ2v) is 8.71. The fraction of sp³-hybridized carbons (Fsp3) is 0.227. The minimum absolute atomic E-state index is 0.0401. The van der Waals surface area contributed by atoms with Crippen LogP contribution >= 0.6 is 11.8 Å². The normalized spacial score (nSPS) is 21.7. The summed E-state index contributed by atoms with van der Waals surface area (Å²) in [5, 5.41) is 20.6. The number of hydrogen-bond acceptors (Lipinski definition) is 5. The van der Waals surface area contributed by atoms with Crippen molar-refractivity contribution in [2.75, 3.05) is 0 Å². The zero-order valence-corrected chi connectivity index (χ0v) is 16.1. The van der Waals surface area contributed by atoms with E-state index in [1.54, 1.807) is 0 Å². The third kappa shape index (κ3) is 2.64. The zero-order chi connectivity index (χ0) is 20.4. The molecule has 7 heteroatoms. The molecule has 0 aliphatic heterocycles. The number of aliphatic hydroxyl groups excluding tert-OH is 1. The number of halogens is 2. The SMILES string of the molecule is Cc1c(O)c2c(oc1=O)-c1cc(F)c(F)cc1C2SC1Cc2ccccc2C1O. The van der Waals surface area contributed by atoms with Crippen molar-refractivity contribution in [3.05, 3.63) is 86.3 Å². The van der Waals surface area contributed by atoms with Crippen molar-refractivity contribution in [2.45, 2.75) is 29.9 Å². The quantitative estimate of drug-likeness (QED) is 0.651. The number of aliphatic hydroxyl groups is 1. The van der Waals surface area contributed by atoms with E-state index in [9.17, 15) is 23.8 Å². The summed E-state index contributed by atoms with van der Waals surface area (Å²) >= 11 is 1.35. The van der Waals surface area contributed by atoms with Gasteiger partial charge in [-0.05, 0) is 42.2 Å². The molecule has 0 radical (unpaired) electrons. The first-order valence-corrected chi connectivity index (χ1v) is 10.1. The summed E-state index contributed by atoms with van der Waals surface area (Å²) in [7, 11) is 0. The Hall–Kier alpha value is -2.64. The molecule has 0 fully saturated rings. The summed E-state index contributed by atoms with van der Waals surface area (Å²) in [6.45, 7) is 1.44. The van der Waals surface area contributed by atoms with Crippen LogP contribution in [0, 0.1) is 18.6 Å². The molecule has 2 aromatic carbocycles. The summed E-state index contributed by atoms with van der Waals surface area (Å²) in [6.07, 6.45) is -0.128.